The minimum Gasteiger partial charge on any atom is -0.337 e. The first-order chi connectivity index (χ1) is 21.0. The van der Waals surface area contributed by atoms with E-state index < -0.39 is 24.9 Å². The van der Waals surface area contributed by atoms with E-state index >= 15 is 0 Å². The normalized spacial score (nSPS) is 12.1. The molecule has 5 heteroatoms. The Morgan fingerprint density at radius 2 is 0.442 bits per heavy atom. The third kappa shape index (κ3) is 5.78. The molecule has 43 heavy (non-hydrogen) atoms. The number of nitrogens with one attached hydrogen (secondary N) is 2. The first kappa shape index (κ1) is 29.0. The van der Waals surface area contributed by atoms with E-state index in [-0.39, 0.29) is 0 Å². The molecule has 0 heterocycles. The molecular weight excluding hydrogens is 569 g/mol. The zero-order valence-corrected chi connectivity index (χ0v) is 27.8. The van der Waals surface area contributed by atoms with Crippen molar-refractivity contribution in [3.8, 4) is 0 Å². The average molecular weight is 607 g/mol. The van der Waals surface area contributed by atoms with E-state index in [0.717, 1.165) is 0 Å². The highest BCUT2D eigenvalue weighted by Gasteiger charge is 2.49. The minimum atomic E-state index is -2.69. The summed E-state index contributed by atoms with van der Waals surface area (Å²) in [6, 6.07) is 66.8. The average Bonchev–Trinajstić information content (AvgIpc) is 3.08. The molecule has 2 nitrogen and oxygen atoms in total. The smallest absolute Gasteiger partial charge is 0.216 e. The number of benzene rings is 6. The van der Waals surface area contributed by atoms with Crippen LogP contribution in [0.25, 0.3) is 0 Å². The summed E-state index contributed by atoms with van der Waals surface area (Å²) in [6.07, 6.45) is 0. The summed E-state index contributed by atoms with van der Waals surface area (Å²) in [5.74, 6) is 0. The molecule has 0 fully saturated rings. The van der Waals surface area contributed by atoms with Gasteiger partial charge in [0.25, 0.3) is 0 Å². The molecule has 6 rings (SSSR count). The maximum absolute atomic E-state index is 4.52. The Kier molecular flexibility index (Phi) is 8.52. The van der Waals surface area contributed by atoms with Crippen LogP contribution in [0.2, 0.25) is 13.1 Å². The Balaban J connectivity index is 1.58. The van der Waals surface area contributed by atoms with Gasteiger partial charge in [-0.2, -0.15) is 0 Å². The SMILES string of the molecule is C[Si](C)(N[Si](c1ccccc1)(c1ccccc1)c1ccccc1)N[Si](c1ccccc1)(c1ccccc1)c1ccccc1. The first-order valence-electron chi connectivity index (χ1n) is 15.0. The fourth-order valence-electron chi connectivity index (χ4n) is 6.53. The molecule has 0 saturated heterocycles. The van der Waals surface area contributed by atoms with Gasteiger partial charge in [-0.3, -0.25) is 0 Å². The monoisotopic (exact) mass is 606 g/mol. The third-order valence-electron chi connectivity index (χ3n) is 8.24. The fourth-order valence-corrected chi connectivity index (χ4v) is 24.5. The van der Waals surface area contributed by atoms with Gasteiger partial charge in [-0.25, -0.2) is 0 Å². The maximum Gasteiger partial charge on any atom is 0.216 e. The van der Waals surface area contributed by atoms with Gasteiger partial charge in [0.05, 0.1) is 0 Å². The predicted octanol–water partition coefficient (Wildman–Crippen LogP) is 4.20. The molecule has 0 unspecified atom stereocenters. The highest BCUT2D eigenvalue weighted by atomic mass is 28.4. The molecular formula is C38H38N2Si3. The Hall–Kier alpha value is -4.11. The lowest BCUT2D eigenvalue weighted by Gasteiger charge is -2.46. The van der Waals surface area contributed by atoms with Crippen LogP contribution in [-0.4, -0.2) is 24.9 Å². The minimum absolute atomic E-state index is 1.36. The molecule has 6 aromatic carbocycles. The molecule has 0 aliphatic rings. The Labute approximate surface area is 259 Å². The molecule has 0 atom stereocenters. The van der Waals surface area contributed by atoms with Crippen LogP contribution in [0.1, 0.15) is 0 Å². The molecule has 0 saturated carbocycles. The van der Waals surface area contributed by atoms with Crippen LogP contribution < -0.4 is 40.4 Å². The Bertz CT molecular complexity index is 1390. The highest BCUT2D eigenvalue weighted by Crippen LogP contribution is 2.13. The van der Waals surface area contributed by atoms with Crippen molar-refractivity contribution in [3.63, 3.8) is 0 Å². The molecule has 0 bridgehead atoms. The second-order valence-corrected chi connectivity index (χ2v) is 23.3. The maximum atomic E-state index is 4.52. The van der Waals surface area contributed by atoms with Crippen LogP contribution in [0.4, 0.5) is 0 Å². The van der Waals surface area contributed by atoms with Crippen molar-refractivity contribution in [2.24, 2.45) is 0 Å². The number of rotatable bonds is 10. The van der Waals surface area contributed by atoms with Crippen molar-refractivity contribution in [3.05, 3.63) is 182 Å². The van der Waals surface area contributed by atoms with E-state index in [1.54, 1.807) is 0 Å². The topological polar surface area (TPSA) is 24.1 Å². The molecule has 2 N–H and O–H groups in total. The van der Waals surface area contributed by atoms with Crippen LogP contribution in [0.5, 0.6) is 0 Å². The molecule has 0 aliphatic heterocycles. The zero-order chi connectivity index (χ0) is 29.6. The Morgan fingerprint density at radius 1 is 0.279 bits per heavy atom. The second kappa shape index (κ2) is 12.6. The van der Waals surface area contributed by atoms with Crippen molar-refractivity contribution < 1.29 is 0 Å². The zero-order valence-electron chi connectivity index (χ0n) is 24.8. The number of hydrogen-bond donors (Lipinski definition) is 2. The van der Waals surface area contributed by atoms with Crippen LogP contribution in [0.3, 0.4) is 0 Å². The van der Waals surface area contributed by atoms with Crippen LogP contribution >= 0.6 is 0 Å². The summed E-state index contributed by atoms with van der Waals surface area (Å²) in [7, 11) is -7.83. The van der Waals surface area contributed by atoms with Crippen molar-refractivity contribution in [1.29, 1.82) is 0 Å². The van der Waals surface area contributed by atoms with Crippen molar-refractivity contribution in [2.75, 3.05) is 0 Å². The van der Waals surface area contributed by atoms with Crippen LogP contribution in [0, 0.1) is 0 Å². The lowest BCUT2D eigenvalue weighted by Crippen LogP contribution is -2.89. The molecule has 212 valence electrons. The first-order valence-corrected chi connectivity index (χ1v) is 22.0. The van der Waals surface area contributed by atoms with Gasteiger partial charge in [0.2, 0.25) is 16.5 Å². The largest absolute Gasteiger partial charge is 0.337 e. The van der Waals surface area contributed by atoms with Gasteiger partial charge in [0.15, 0.2) is 8.40 Å². The van der Waals surface area contributed by atoms with E-state index in [1.165, 1.54) is 31.1 Å². The summed E-state index contributed by atoms with van der Waals surface area (Å²) in [4.78, 5) is 0. The Morgan fingerprint density at radius 3 is 0.605 bits per heavy atom. The van der Waals surface area contributed by atoms with Gasteiger partial charge in [-0.1, -0.05) is 182 Å². The van der Waals surface area contributed by atoms with Gasteiger partial charge >= 0.3 is 0 Å². The molecule has 0 radical (unpaired) electrons. The second-order valence-electron chi connectivity index (χ2n) is 11.6. The summed E-state index contributed by atoms with van der Waals surface area (Å²) >= 11 is 0. The van der Waals surface area contributed by atoms with Crippen molar-refractivity contribution in [1.82, 2.24) is 9.30 Å². The highest BCUT2D eigenvalue weighted by molar-refractivity contribution is 7.19. The molecule has 0 aliphatic carbocycles. The number of hydrogen-bond acceptors (Lipinski definition) is 2. The fraction of sp³-hybridized carbons (Fsp3) is 0.0526. The van der Waals surface area contributed by atoms with Crippen molar-refractivity contribution in [2.45, 2.75) is 13.1 Å². The molecule has 0 aromatic heterocycles. The lowest BCUT2D eigenvalue weighted by atomic mass is 10.3. The summed E-state index contributed by atoms with van der Waals surface area (Å²) < 4.78 is 9.04. The quantitative estimate of drug-likeness (QED) is 0.181. The van der Waals surface area contributed by atoms with Gasteiger partial charge in [0, 0.05) is 0 Å². The van der Waals surface area contributed by atoms with Gasteiger partial charge in [-0.05, 0) is 44.2 Å². The van der Waals surface area contributed by atoms with Crippen molar-refractivity contribution >= 4 is 56.0 Å². The van der Waals surface area contributed by atoms with E-state index in [0.29, 0.717) is 0 Å². The summed E-state index contributed by atoms with van der Waals surface area (Å²) in [6.45, 7) is 4.92. The van der Waals surface area contributed by atoms with E-state index in [9.17, 15) is 0 Å². The molecule has 6 aromatic rings. The van der Waals surface area contributed by atoms with Crippen LogP contribution in [0.15, 0.2) is 182 Å². The lowest BCUT2D eigenvalue weighted by molar-refractivity contribution is 1.22. The summed E-state index contributed by atoms with van der Waals surface area (Å²) in [5, 5.41) is 8.17. The van der Waals surface area contributed by atoms with Gasteiger partial charge < -0.3 is 9.30 Å². The van der Waals surface area contributed by atoms with E-state index in [1.807, 2.05) is 0 Å². The predicted molar refractivity (Wildman–Crippen MR) is 192 cm³/mol. The van der Waals surface area contributed by atoms with E-state index in [4.69, 9.17) is 0 Å². The third-order valence-corrected chi connectivity index (χ3v) is 23.4. The van der Waals surface area contributed by atoms with Gasteiger partial charge in [-0.15, -0.1) is 0 Å². The molecule has 0 amide bonds. The molecule has 0 spiro atoms. The van der Waals surface area contributed by atoms with Gasteiger partial charge in [0.1, 0.15) is 0 Å². The van der Waals surface area contributed by atoms with Crippen LogP contribution in [-0.2, 0) is 0 Å². The van der Waals surface area contributed by atoms with E-state index in [2.05, 4.69) is 204 Å². The standard InChI is InChI=1S/C38H38N2Si3/c1-41(2,39-42(33-21-9-3-10-22-33,34-23-11-4-12-24-34)35-25-13-5-14-26-35)40-43(36-27-15-6-16-28-36,37-29-17-7-18-30-37)38-31-19-8-20-32-38/h3-32,39-40H,1-2H3. The summed E-state index contributed by atoms with van der Waals surface area (Å²) in [5.41, 5.74) is 0.